The van der Waals surface area contributed by atoms with Gasteiger partial charge in [0.25, 0.3) is 0 Å². The number of nitrogens with two attached hydrogens (primary N) is 1. The van der Waals surface area contributed by atoms with Gasteiger partial charge in [-0.2, -0.15) is 8.78 Å². The molecule has 78 valence electrons. The Kier molecular flexibility index (Phi) is 3.02. The second-order valence-electron chi connectivity index (χ2n) is 2.51. The molecule has 0 aliphatic carbocycles. The van der Waals surface area contributed by atoms with E-state index >= 15 is 0 Å². The van der Waals surface area contributed by atoms with E-state index < -0.39 is 16.6 Å². The maximum atomic E-state index is 11.8. The van der Waals surface area contributed by atoms with Gasteiger partial charge in [-0.05, 0) is 24.3 Å². The number of hydrogen-bond donors (Lipinski definition) is 2. The molecule has 0 heterocycles. The minimum atomic E-state index is -3.76. The molecule has 0 amide bonds. The monoisotopic (exact) mass is 222 g/mol. The van der Waals surface area contributed by atoms with E-state index in [1.165, 1.54) is 12.1 Å². The average Bonchev–Trinajstić information content (AvgIpc) is 2.02. The Morgan fingerprint density at radius 1 is 1.21 bits per heavy atom. The molecule has 4 nitrogen and oxygen atoms in total. The number of hydrogen-bond acceptors (Lipinski definition) is 3. The number of alkyl halides is 2. The Hall–Kier alpha value is -1.21. The molecule has 0 aliphatic rings. The normalized spacial score (nSPS) is 11.7. The number of anilines is 1. The van der Waals surface area contributed by atoms with E-state index in [9.17, 15) is 17.2 Å². The van der Waals surface area contributed by atoms with Gasteiger partial charge in [-0.3, -0.25) is 0 Å². The molecule has 1 rings (SSSR count). The zero-order valence-electron chi connectivity index (χ0n) is 6.94. The van der Waals surface area contributed by atoms with Crippen LogP contribution in [0.3, 0.4) is 0 Å². The molecule has 0 saturated heterocycles. The molecular weight excluding hydrogens is 214 g/mol. The van der Waals surface area contributed by atoms with Crippen LogP contribution in [0.25, 0.3) is 0 Å². The van der Waals surface area contributed by atoms with Gasteiger partial charge in [-0.25, -0.2) is 13.6 Å². The van der Waals surface area contributed by atoms with Gasteiger partial charge in [-0.1, -0.05) is 0 Å². The summed E-state index contributed by atoms with van der Waals surface area (Å²) in [6, 6.07) is 4.73. The van der Waals surface area contributed by atoms with Crippen LogP contribution in [0.2, 0.25) is 0 Å². The van der Waals surface area contributed by atoms with Gasteiger partial charge in [0.2, 0.25) is 10.0 Å². The average molecular weight is 222 g/mol. The number of nitrogens with one attached hydrogen (secondary N) is 1. The highest BCUT2D eigenvalue weighted by molar-refractivity contribution is 7.89. The maximum Gasteiger partial charge on any atom is 0.312 e. The van der Waals surface area contributed by atoms with Crippen LogP contribution in [-0.2, 0) is 10.0 Å². The maximum absolute atomic E-state index is 11.8. The van der Waals surface area contributed by atoms with Crippen LogP contribution in [0.15, 0.2) is 29.2 Å². The second kappa shape index (κ2) is 3.89. The third-order valence-electron chi connectivity index (χ3n) is 1.46. The quantitative estimate of drug-likeness (QED) is 0.748. The number of sulfonamides is 1. The van der Waals surface area contributed by atoms with Gasteiger partial charge in [-0.15, -0.1) is 0 Å². The molecule has 0 aliphatic heterocycles. The molecule has 0 saturated carbocycles. The highest BCUT2D eigenvalue weighted by atomic mass is 32.2. The first-order chi connectivity index (χ1) is 6.39. The number of rotatable bonds is 3. The summed E-state index contributed by atoms with van der Waals surface area (Å²) in [7, 11) is -3.76. The van der Waals surface area contributed by atoms with Crippen molar-refractivity contribution in [3.05, 3.63) is 24.3 Å². The molecule has 0 aromatic heterocycles. The van der Waals surface area contributed by atoms with Crippen LogP contribution >= 0.6 is 0 Å². The van der Waals surface area contributed by atoms with Crippen molar-refractivity contribution in [2.75, 3.05) is 5.32 Å². The van der Waals surface area contributed by atoms with E-state index in [0.29, 0.717) is 0 Å². The lowest BCUT2D eigenvalue weighted by Gasteiger charge is -2.04. The summed E-state index contributed by atoms with van der Waals surface area (Å²) in [6.07, 6.45) is 0. The fraction of sp³-hybridized carbons (Fsp3) is 0.143. The third kappa shape index (κ3) is 2.93. The van der Waals surface area contributed by atoms with Crippen LogP contribution in [-0.4, -0.2) is 15.0 Å². The summed E-state index contributed by atoms with van der Waals surface area (Å²) in [5.74, 6) is 0. The smallest absolute Gasteiger partial charge is 0.312 e. The van der Waals surface area contributed by atoms with Crippen molar-refractivity contribution in [1.82, 2.24) is 0 Å². The van der Waals surface area contributed by atoms with E-state index in [2.05, 4.69) is 0 Å². The fourth-order valence-corrected chi connectivity index (χ4v) is 1.38. The summed E-state index contributed by atoms with van der Waals surface area (Å²) in [6.45, 7) is -2.68. The van der Waals surface area contributed by atoms with Gasteiger partial charge in [0, 0.05) is 5.69 Å². The van der Waals surface area contributed by atoms with Crippen LogP contribution in [0.5, 0.6) is 0 Å². The summed E-state index contributed by atoms with van der Waals surface area (Å²) in [5, 5.41) is 6.63. The standard InChI is InChI=1S/C7H8F2N2O2S/c8-7(9)11-5-1-3-6(4-2-5)14(10,12)13/h1-4,7,11H,(H2,10,12,13). The van der Waals surface area contributed by atoms with Gasteiger partial charge in [0.1, 0.15) is 0 Å². The van der Waals surface area contributed by atoms with Crippen molar-refractivity contribution in [1.29, 1.82) is 0 Å². The first kappa shape index (κ1) is 10.9. The molecule has 0 atom stereocenters. The van der Waals surface area contributed by atoms with Crippen molar-refractivity contribution in [2.45, 2.75) is 11.4 Å². The van der Waals surface area contributed by atoms with Gasteiger partial charge in [0.05, 0.1) is 4.90 Å². The highest BCUT2D eigenvalue weighted by Gasteiger charge is 2.07. The Labute approximate surface area is 79.8 Å². The molecule has 0 fully saturated rings. The number of halogens is 2. The molecule has 1 aromatic rings. The van der Waals surface area contributed by atoms with Gasteiger partial charge in [0.15, 0.2) is 0 Å². The van der Waals surface area contributed by atoms with Gasteiger partial charge < -0.3 is 5.32 Å². The Morgan fingerprint density at radius 3 is 2.07 bits per heavy atom. The van der Waals surface area contributed by atoms with E-state index in [1.807, 2.05) is 5.32 Å². The van der Waals surface area contributed by atoms with Crippen molar-refractivity contribution >= 4 is 15.7 Å². The molecule has 0 spiro atoms. The van der Waals surface area contributed by atoms with Gasteiger partial charge >= 0.3 is 6.55 Å². The van der Waals surface area contributed by atoms with Crippen molar-refractivity contribution in [3.63, 3.8) is 0 Å². The first-order valence-electron chi connectivity index (χ1n) is 3.57. The third-order valence-corrected chi connectivity index (χ3v) is 2.39. The van der Waals surface area contributed by atoms with Crippen LogP contribution in [0.1, 0.15) is 0 Å². The summed E-state index contributed by atoms with van der Waals surface area (Å²) < 4.78 is 45.2. The molecule has 3 N–H and O–H groups in total. The summed E-state index contributed by atoms with van der Waals surface area (Å²) in [5.41, 5.74) is 0.132. The Morgan fingerprint density at radius 2 is 1.71 bits per heavy atom. The predicted octanol–water partition coefficient (Wildman–Crippen LogP) is 0.969. The van der Waals surface area contributed by atoms with E-state index in [1.54, 1.807) is 0 Å². The molecule has 1 aromatic carbocycles. The second-order valence-corrected chi connectivity index (χ2v) is 4.08. The minimum absolute atomic E-state index is 0.114. The van der Waals surface area contributed by atoms with E-state index in [-0.39, 0.29) is 10.6 Å². The zero-order chi connectivity index (χ0) is 10.8. The van der Waals surface area contributed by atoms with E-state index in [4.69, 9.17) is 5.14 Å². The summed E-state index contributed by atoms with van der Waals surface area (Å²) in [4.78, 5) is -0.114. The van der Waals surface area contributed by atoms with Crippen LogP contribution in [0, 0.1) is 0 Å². The molecular formula is C7H8F2N2O2S. The predicted molar refractivity (Wildman–Crippen MR) is 47.4 cm³/mol. The lowest BCUT2D eigenvalue weighted by Crippen LogP contribution is -2.12. The first-order valence-corrected chi connectivity index (χ1v) is 5.12. The SMILES string of the molecule is NS(=O)(=O)c1ccc(NC(F)F)cc1. The summed E-state index contributed by atoms with van der Waals surface area (Å²) >= 11 is 0. The van der Waals surface area contributed by atoms with Crippen molar-refractivity contribution < 1.29 is 17.2 Å². The Bertz CT molecular complexity index is 402. The topological polar surface area (TPSA) is 72.2 Å². The number of primary sulfonamides is 1. The Balaban J connectivity index is 2.90. The lowest BCUT2D eigenvalue weighted by atomic mass is 10.3. The largest absolute Gasteiger partial charge is 0.330 e. The zero-order valence-corrected chi connectivity index (χ0v) is 7.76. The molecule has 0 unspecified atom stereocenters. The van der Waals surface area contributed by atoms with Crippen LogP contribution in [0.4, 0.5) is 14.5 Å². The minimum Gasteiger partial charge on any atom is -0.330 e. The lowest BCUT2D eigenvalue weighted by molar-refractivity contribution is 0.181. The van der Waals surface area contributed by atoms with Crippen molar-refractivity contribution in [3.8, 4) is 0 Å². The molecule has 14 heavy (non-hydrogen) atoms. The van der Waals surface area contributed by atoms with Crippen LogP contribution < -0.4 is 10.5 Å². The fourth-order valence-electron chi connectivity index (χ4n) is 0.867. The highest BCUT2D eigenvalue weighted by Crippen LogP contribution is 2.13. The number of benzene rings is 1. The van der Waals surface area contributed by atoms with Crippen molar-refractivity contribution in [2.24, 2.45) is 5.14 Å². The molecule has 0 bridgehead atoms. The molecule has 0 radical (unpaired) electrons. The molecule has 7 heteroatoms. The van der Waals surface area contributed by atoms with E-state index in [0.717, 1.165) is 12.1 Å².